The van der Waals surface area contributed by atoms with Gasteiger partial charge in [0, 0.05) is 11.7 Å². The standard InChI is InChI=1S/C9H18O3S/c1-4-6-13(11,12)7-5-8(2)9(3)10/h8H,4-7H2,1-3H3. The van der Waals surface area contributed by atoms with Crippen LogP contribution in [0.1, 0.15) is 33.6 Å². The van der Waals surface area contributed by atoms with E-state index in [2.05, 4.69) is 0 Å². The van der Waals surface area contributed by atoms with Crippen molar-refractivity contribution in [2.75, 3.05) is 11.5 Å². The van der Waals surface area contributed by atoms with Gasteiger partial charge in [-0.25, -0.2) is 8.42 Å². The van der Waals surface area contributed by atoms with Gasteiger partial charge in [-0.1, -0.05) is 13.8 Å². The van der Waals surface area contributed by atoms with Crippen LogP contribution in [0.15, 0.2) is 0 Å². The van der Waals surface area contributed by atoms with Crippen molar-refractivity contribution in [2.24, 2.45) is 5.92 Å². The minimum atomic E-state index is -2.91. The number of Topliss-reactive ketones (excluding diaryl/α,β-unsaturated/α-hetero) is 1. The molecule has 3 nitrogen and oxygen atoms in total. The summed E-state index contributed by atoms with van der Waals surface area (Å²) < 4.78 is 22.5. The number of hydrogen-bond acceptors (Lipinski definition) is 3. The van der Waals surface area contributed by atoms with Crippen LogP contribution < -0.4 is 0 Å². The normalized spacial score (nSPS) is 14.1. The summed E-state index contributed by atoms with van der Waals surface area (Å²) >= 11 is 0. The number of carbonyl (C=O) groups is 1. The third-order valence-corrected chi connectivity index (χ3v) is 3.96. The molecule has 0 fully saturated rings. The van der Waals surface area contributed by atoms with Gasteiger partial charge < -0.3 is 0 Å². The molecule has 0 bridgehead atoms. The molecule has 0 radical (unpaired) electrons. The minimum Gasteiger partial charge on any atom is -0.300 e. The highest BCUT2D eigenvalue weighted by Gasteiger charge is 2.14. The number of sulfone groups is 1. The Morgan fingerprint density at radius 2 is 1.85 bits per heavy atom. The van der Waals surface area contributed by atoms with Crippen molar-refractivity contribution in [3.05, 3.63) is 0 Å². The van der Waals surface area contributed by atoms with E-state index in [9.17, 15) is 13.2 Å². The van der Waals surface area contributed by atoms with Crippen molar-refractivity contribution in [3.8, 4) is 0 Å². The lowest BCUT2D eigenvalue weighted by molar-refractivity contribution is -0.120. The van der Waals surface area contributed by atoms with E-state index in [4.69, 9.17) is 0 Å². The van der Waals surface area contributed by atoms with Gasteiger partial charge in [0.1, 0.15) is 15.6 Å². The Kier molecular flexibility index (Phi) is 5.21. The summed E-state index contributed by atoms with van der Waals surface area (Å²) in [6.45, 7) is 5.10. The number of carbonyl (C=O) groups excluding carboxylic acids is 1. The highest BCUT2D eigenvalue weighted by molar-refractivity contribution is 7.91. The first-order valence-electron chi connectivity index (χ1n) is 4.60. The lowest BCUT2D eigenvalue weighted by Gasteiger charge is -2.06. The molecular weight excluding hydrogens is 188 g/mol. The zero-order valence-electron chi connectivity index (χ0n) is 8.54. The Bertz CT molecular complexity index is 254. The first-order valence-corrected chi connectivity index (χ1v) is 6.42. The fraction of sp³-hybridized carbons (Fsp3) is 0.889. The molecule has 0 saturated carbocycles. The number of hydrogen-bond donors (Lipinski definition) is 0. The second kappa shape index (κ2) is 5.37. The van der Waals surface area contributed by atoms with E-state index in [1.165, 1.54) is 6.92 Å². The predicted octanol–water partition coefficient (Wildman–Crippen LogP) is 1.43. The Hall–Kier alpha value is -0.380. The minimum absolute atomic E-state index is 0.0618. The van der Waals surface area contributed by atoms with Gasteiger partial charge in [0.15, 0.2) is 0 Å². The molecule has 1 unspecified atom stereocenters. The molecule has 0 aliphatic carbocycles. The van der Waals surface area contributed by atoms with E-state index in [1.54, 1.807) is 6.92 Å². The summed E-state index contributed by atoms with van der Waals surface area (Å²) in [6.07, 6.45) is 1.11. The average molecular weight is 206 g/mol. The lowest BCUT2D eigenvalue weighted by atomic mass is 10.1. The molecule has 0 aliphatic heterocycles. The topological polar surface area (TPSA) is 51.2 Å². The summed E-state index contributed by atoms with van der Waals surface area (Å²) in [6, 6.07) is 0. The van der Waals surface area contributed by atoms with E-state index < -0.39 is 9.84 Å². The van der Waals surface area contributed by atoms with Crippen LogP contribution in [0.2, 0.25) is 0 Å². The van der Waals surface area contributed by atoms with Crippen molar-refractivity contribution in [1.82, 2.24) is 0 Å². The summed E-state index contributed by atoms with van der Waals surface area (Å²) in [5, 5.41) is 0. The third-order valence-electron chi connectivity index (χ3n) is 2.07. The quantitative estimate of drug-likeness (QED) is 0.660. The van der Waals surface area contributed by atoms with Crippen LogP contribution in [0.4, 0.5) is 0 Å². The maximum absolute atomic E-state index is 11.2. The molecule has 0 N–H and O–H groups in total. The van der Waals surface area contributed by atoms with Gasteiger partial charge in [-0.05, 0) is 19.8 Å². The highest BCUT2D eigenvalue weighted by atomic mass is 32.2. The van der Waals surface area contributed by atoms with Crippen LogP contribution in [0.3, 0.4) is 0 Å². The number of rotatable bonds is 6. The monoisotopic (exact) mass is 206 g/mol. The molecule has 1 atom stereocenters. The van der Waals surface area contributed by atoms with Crippen molar-refractivity contribution in [1.29, 1.82) is 0 Å². The average Bonchev–Trinajstić information content (AvgIpc) is 2.00. The molecule has 0 aliphatic rings. The van der Waals surface area contributed by atoms with Gasteiger partial charge in [-0.15, -0.1) is 0 Å². The summed E-state index contributed by atoms with van der Waals surface area (Å²) in [7, 11) is -2.91. The van der Waals surface area contributed by atoms with E-state index in [1.807, 2.05) is 6.92 Å². The van der Waals surface area contributed by atoms with Crippen molar-refractivity contribution >= 4 is 15.6 Å². The summed E-state index contributed by atoms with van der Waals surface area (Å²) in [5.41, 5.74) is 0. The van der Waals surface area contributed by atoms with E-state index in [-0.39, 0.29) is 23.2 Å². The maximum Gasteiger partial charge on any atom is 0.150 e. The van der Waals surface area contributed by atoms with Crippen LogP contribution in [0.25, 0.3) is 0 Å². The Balaban J connectivity index is 3.95. The second-order valence-electron chi connectivity index (χ2n) is 3.45. The smallest absolute Gasteiger partial charge is 0.150 e. The molecule has 0 aromatic heterocycles. The van der Waals surface area contributed by atoms with Gasteiger partial charge in [-0.3, -0.25) is 4.79 Å². The Labute approximate surface area is 80.4 Å². The van der Waals surface area contributed by atoms with Crippen LogP contribution in [0, 0.1) is 5.92 Å². The molecule has 0 aromatic rings. The zero-order chi connectivity index (χ0) is 10.5. The Morgan fingerprint density at radius 3 is 2.23 bits per heavy atom. The second-order valence-corrected chi connectivity index (χ2v) is 5.76. The van der Waals surface area contributed by atoms with E-state index >= 15 is 0 Å². The van der Waals surface area contributed by atoms with Crippen molar-refractivity contribution < 1.29 is 13.2 Å². The number of ketones is 1. The molecule has 0 amide bonds. The van der Waals surface area contributed by atoms with Gasteiger partial charge in [0.05, 0.1) is 5.75 Å². The van der Waals surface area contributed by atoms with Gasteiger partial charge in [0.2, 0.25) is 0 Å². The first-order chi connectivity index (χ1) is 5.89. The summed E-state index contributed by atoms with van der Waals surface area (Å²) in [4.78, 5) is 10.8. The van der Waals surface area contributed by atoms with Crippen LogP contribution in [-0.2, 0) is 14.6 Å². The molecule has 0 heterocycles. The maximum atomic E-state index is 11.2. The third kappa shape index (κ3) is 5.80. The fourth-order valence-corrected chi connectivity index (χ4v) is 2.51. The summed E-state index contributed by atoms with van der Waals surface area (Å²) in [5.74, 6) is 0.303. The van der Waals surface area contributed by atoms with Gasteiger partial charge in [-0.2, -0.15) is 0 Å². The molecule has 4 heteroatoms. The molecule has 78 valence electrons. The molecule has 0 rings (SSSR count). The lowest BCUT2D eigenvalue weighted by Crippen LogP contribution is -2.16. The van der Waals surface area contributed by atoms with E-state index in [0.717, 1.165) is 0 Å². The van der Waals surface area contributed by atoms with Crippen LogP contribution in [-0.4, -0.2) is 25.7 Å². The fourth-order valence-electron chi connectivity index (χ4n) is 0.973. The zero-order valence-corrected chi connectivity index (χ0v) is 9.36. The van der Waals surface area contributed by atoms with Crippen molar-refractivity contribution in [3.63, 3.8) is 0 Å². The predicted molar refractivity (Wildman–Crippen MR) is 53.4 cm³/mol. The molecule has 13 heavy (non-hydrogen) atoms. The van der Waals surface area contributed by atoms with Gasteiger partial charge in [0.25, 0.3) is 0 Å². The van der Waals surface area contributed by atoms with Crippen molar-refractivity contribution in [2.45, 2.75) is 33.6 Å². The highest BCUT2D eigenvalue weighted by Crippen LogP contribution is 2.06. The van der Waals surface area contributed by atoms with Crippen LogP contribution in [0.5, 0.6) is 0 Å². The van der Waals surface area contributed by atoms with Gasteiger partial charge >= 0.3 is 0 Å². The molecule has 0 spiro atoms. The molecule has 0 saturated heterocycles. The van der Waals surface area contributed by atoms with Crippen LogP contribution >= 0.6 is 0 Å². The molecule has 0 aromatic carbocycles. The SMILES string of the molecule is CCCS(=O)(=O)CCC(C)C(C)=O. The Morgan fingerprint density at radius 1 is 1.31 bits per heavy atom. The largest absolute Gasteiger partial charge is 0.300 e. The first kappa shape index (κ1) is 12.6. The van der Waals surface area contributed by atoms with E-state index in [0.29, 0.717) is 12.8 Å². The molecular formula is C9H18O3S.